The highest BCUT2D eigenvalue weighted by atomic mass is 79.9. The summed E-state index contributed by atoms with van der Waals surface area (Å²) in [5, 5.41) is 2.16. The number of hydrogen-bond acceptors (Lipinski definition) is 5. The second-order valence-corrected chi connectivity index (χ2v) is 9.40. The van der Waals surface area contributed by atoms with E-state index in [1.165, 1.54) is 12.1 Å². The number of hydrogen-bond donors (Lipinski definition) is 2. The van der Waals surface area contributed by atoms with Gasteiger partial charge in [0.15, 0.2) is 0 Å². The highest BCUT2D eigenvalue weighted by molar-refractivity contribution is 9.10. The summed E-state index contributed by atoms with van der Waals surface area (Å²) in [5.41, 5.74) is -0.656. The zero-order valence-corrected chi connectivity index (χ0v) is 17.6. The van der Waals surface area contributed by atoms with E-state index in [1.807, 2.05) is 0 Å². The van der Waals surface area contributed by atoms with E-state index in [9.17, 15) is 18.0 Å². The number of halogens is 1. The lowest BCUT2D eigenvalue weighted by Gasteiger charge is -2.19. The molecule has 0 bridgehead atoms. The molecule has 0 saturated carbocycles. The van der Waals surface area contributed by atoms with Gasteiger partial charge in [-0.25, -0.2) is 17.9 Å². The van der Waals surface area contributed by atoms with Crippen LogP contribution in [0.1, 0.15) is 46.5 Å². The molecule has 0 heterocycles. The molecule has 0 aromatic heterocycles. The van der Waals surface area contributed by atoms with Gasteiger partial charge in [-0.2, -0.15) is 0 Å². The van der Waals surface area contributed by atoms with Gasteiger partial charge in [-0.1, -0.05) is 22.4 Å². The maximum absolute atomic E-state index is 12.1. The van der Waals surface area contributed by atoms with Crippen molar-refractivity contribution in [1.29, 1.82) is 0 Å². The van der Waals surface area contributed by atoms with Gasteiger partial charge in [0.05, 0.1) is 4.90 Å². The Labute approximate surface area is 163 Å². The molecule has 26 heavy (non-hydrogen) atoms. The highest BCUT2D eigenvalue weighted by Crippen LogP contribution is 2.14. The molecule has 0 aliphatic carbocycles. The number of imide groups is 1. The third-order valence-corrected chi connectivity index (χ3v) is 5.14. The summed E-state index contributed by atoms with van der Waals surface area (Å²) in [5.74, 6) is -0.408. The van der Waals surface area contributed by atoms with Crippen molar-refractivity contribution < 1.29 is 22.7 Å². The van der Waals surface area contributed by atoms with Crippen LogP contribution in [0.4, 0.5) is 4.79 Å². The van der Waals surface area contributed by atoms with Crippen LogP contribution in [0.25, 0.3) is 0 Å². The Morgan fingerprint density at radius 2 is 1.69 bits per heavy atom. The first kappa shape index (κ1) is 22.6. The summed E-state index contributed by atoms with van der Waals surface area (Å²) < 4.78 is 32.5. The number of alkyl carbamates (subject to hydrolysis) is 1. The number of unbranched alkanes of at least 4 members (excludes halogenated alkanes) is 2. The molecule has 0 aliphatic heterocycles. The van der Waals surface area contributed by atoms with E-state index in [-0.39, 0.29) is 17.9 Å². The molecule has 0 atom stereocenters. The Morgan fingerprint density at radius 3 is 2.27 bits per heavy atom. The number of ether oxygens (including phenoxy) is 1. The van der Waals surface area contributed by atoms with Crippen LogP contribution in [0.5, 0.6) is 0 Å². The second-order valence-electron chi connectivity index (χ2n) is 6.71. The van der Waals surface area contributed by atoms with Gasteiger partial charge < -0.3 is 4.74 Å². The summed E-state index contributed by atoms with van der Waals surface area (Å²) in [7, 11) is -3.53. The Morgan fingerprint density at radius 1 is 1.08 bits per heavy atom. The van der Waals surface area contributed by atoms with Gasteiger partial charge in [-0.15, -0.1) is 0 Å². The molecule has 0 saturated heterocycles. The van der Waals surface area contributed by atoms with E-state index in [4.69, 9.17) is 4.74 Å². The van der Waals surface area contributed by atoms with E-state index in [0.29, 0.717) is 19.3 Å². The molecule has 7 nitrogen and oxygen atoms in total. The summed E-state index contributed by atoms with van der Waals surface area (Å²) in [4.78, 5) is 23.3. The van der Waals surface area contributed by atoms with Crippen molar-refractivity contribution >= 4 is 38.0 Å². The number of nitrogens with one attached hydrogen (secondary N) is 2. The number of rotatable bonds is 8. The van der Waals surface area contributed by atoms with Gasteiger partial charge in [-0.3, -0.25) is 10.1 Å². The Kier molecular flexibility index (Phi) is 8.72. The number of amides is 2. The van der Waals surface area contributed by atoms with E-state index < -0.39 is 27.6 Å². The molecule has 0 unspecified atom stereocenters. The predicted octanol–water partition coefficient (Wildman–Crippen LogP) is 3.34. The summed E-state index contributed by atoms with van der Waals surface area (Å²) in [6.45, 7) is 5.43. The minimum absolute atomic E-state index is 0.179. The van der Waals surface area contributed by atoms with E-state index in [1.54, 1.807) is 32.9 Å². The molecule has 1 aromatic rings. The van der Waals surface area contributed by atoms with E-state index >= 15 is 0 Å². The number of carbonyl (C=O) groups excluding carboxylic acids is 2. The SMILES string of the molecule is CC(C)(C)OC(=O)NC(=O)CCCCCNS(=O)(=O)c1ccc(Br)cc1. The van der Waals surface area contributed by atoms with Crippen LogP contribution < -0.4 is 10.0 Å². The molecule has 2 N–H and O–H groups in total. The minimum atomic E-state index is -3.53. The molecular formula is C17H25BrN2O5S. The molecule has 0 fully saturated rings. The highest BCUT2D eigenvalue weighted by Gasteiger charge is 2.18. The van der Waals surface area contributed by atoms with Crippen LogP contribution in [-0.4, -0.2) is 32.6 Å². The third-order valence-electron chi connectivity index (χ3n) is 3.14. The van der Waals surface area contributed by atoms with Crippen molar-refractivity contribution in [2.45, 2.75) is 57.0 Å². The Bertz CT molecular complexity index is 712. The summed E-state index contributed by atoms with van der Waals surface area (Å²) in [6.07, 6.45) is 1.22. The van der Waals surface area contributed by atoms with Gasteiger partial charge in [0.1, 0.15) is 5.60 Å². The fourth-order valence-corrected chi connectivity index (χ4v) is 3.31. The molecule has 0 aliphatic rings. The van der Waals surface area contributed by atoms with Crippen LogP contribution in [0.15, 0.2) is 33.6 Å². The lowest BCUT2D eigenvalue weighted by atomic mass is 10.2. The van der Waals surface area contributed by atoms with Gasteiger partial charge in [0.25, 0.3) is 0 Å². The van der Waals surface area contributed by atoms with Crippen molar-refractivity contribution in [2.75, 3.05) is 6.54 Å². The van der Waals surface area contributed by atoms with Gasteiger partial charge in [0, 0.05) is 17.4 Å². The number of carbonyl (C=O) groups is 2. The molecule has 0 spiro atoms. The minimum Gasteiger partial charge on any atom is -0.444 e. The Balaban J connectivity index is 2.21. The monoisotopic (exact) mass is 448 g/mol. The molecular weight excluding hydrogens is 424 g/mol. The van der Waals surface area contributed by atoms with Crippen molar-refractivity contribution in [3.63, 3.8) is 0 Å². The lowest BCUT2D eigenvalue weighted by Crippen LogP contribution is -2.36. The molecule has 9 heteroatoms. The van der Waals surface area contributed by atoms with Crippen molar-refractivity contribution in [3.05, 3.63) is 28.7 Å². The summed E-state index contributed by atoms with van der Waals surface area (Å²) in [6, 6.07) is 6.37. The topological polar surface area (TPSA) is 102 Å². The standard InChI is InChI=1S/C17H25BrN2O5S/c1-17(2,3)25-16(22)20-15(21)7-5-4-6-12-19-26(23,24)14-10-8-13(18)9-11-14/h8-11,19H,4-7,12H2,1-3H3,(H,20,21,22). The Hall–Kier alpha value is -1.45. The predicted molar refractivity (Wildman–Crippen MR) is 102 cm³/mol. The van der Waals surface area contributed by atoms with Crippen LogP contribution >= 0.6 is 15.9 Å². The largest absolute Gasteiger partial charge is 0.444 e. The smallest absolute Gasteiger partial charge is 0.414 e. The van der Waals surface area contributed by atoms with Crippen molar-refractivity contribution in [3.8, 4) is 0 Å². The second kappa shape index (κ2) is 10.0. The van der Waals surface area contributed by atoms with Crippen LogP contribution in [0.3, 0.4) is 0 Å². The van der Waals surface area contributed by atoms with Gasteiger partial charge >= 0.3 is 6.09 Å². The van der Waals surface area contributed by atoms with Gasteiger partial charge in [0.2, 0.25) is 15.9 Å². The van der Waals surface area contributed by atoms with Gasteiger partial charge in [-0.05, 0) is 57.9 Å². The first-order valence-electron chi connectivity index (χ1n) is 8.28. The van der Waals surface area contributed by atoms with Crippen molar-refractivity contribution in [1.82, 2.24) is 10.0 Å². The first-order chi connectivity index (χ1) is 12.0. The zero-order valence-electron chi connectivity index (χ0n) is 15.2. The third kappa shape index (κ3) is 9.30. The number of benzene rings is 1. The average molecular weight is 449 g/mol. The van der Waals surface area contributed by atoms with E-state index in [0.717, 1.165) is 4.47 Å². The fraction of sp³-hybridized carbons (Fsp3) is 0.529. The molecule has 1 rings (SSSR count). The average Bonchev–Trinajstić information content (AvgIpc) is 2.49. The molecule has 0 radical (unpaired) electrons. The quantitative estimate of drug-likeness (QED) is 0.593. The molecule has 2 amide bonds. The van der Waals surface area contributed by atoms with Crippen LogP contribution in [0.2, 0.25) is 0 Å². The van der Waals surface area contributed by atoms with Crippen molar-refractivity contribution in [2.24, 2.45) is 0 Å². The molecule has 1 aromatic carbocycles. The normalized spacial score (nSPS) is 11.8. The van der Waals surface area contributed by atoms with E-state index in [2.05, 4.69) is 26.0 Å². The lowest BCUT2D eigenvalue weighted by molar-refractivity contribution is -0.120. The maximum Gasteiger partial charge on any atom is 0.414 e. The fourth-order valence-electron chi connectivity index (χ4n) is 1.97. The van der Waals surface area contributed by atoms with Crippen LogP contribution in [-0.2, 0) is 19.6 Å². The summed E-state index contributed by atoms with van der Waals surface area (Å²) >= 11 is 3.26. The maximum atomic E-state index is 12.1. The van der Waals surface area contributed by atoms with Crippen LogP contribution in [0, 0.1) is 0 Å². The molecule has 146 valence electrons. The number of sulfonamides is 1. The zero-order chi connectivity index (χ0) is 19.8. The first-order valence-corrected chi connectivity index (χ1v) is 10.6.